The highest BCUT2D eigenvalue weighted by Gasteiger charge is 2.32. The average molecular weight is 365 g/mol. The molecular formula is C21H29ClO3. The highest BCUT2D eigenvalue weighted by atomic mass is 35.5. The molecule has 0 amide bonds. The Kier molecular flexibility index (Phi) is 6.23. The number of halogens is 1. The van der Waals surface area contributed by atoms with E-state index in [0.717, 1.165) is 23.1 Å². The Balaban J connectivity index is 2.79. The largest absolute Gasteiger partial charge is 0.492 e. The van der Waals surface area contributed by atoms with Crippen molar-refractivity contribution in [3.63, 3.8) is 0 Å². The van der Waals surface area contributed by atoms with Crippen LogP contribution in [0.5, 0.6) is 11.5 Å². The van der Waals surface area contributed by atoms with Crippen LogP contribution in [0.15, 0.2) is 18.2 Å². The van der Waals surface area contributed by atoms with Gasteiger partial charge in [0.25, 0.3) is 0 Å². The first-order chi connectivity index (χ1) is 11.8. The van der Waals surface area contributed by atoms with Crippen LogP contribution in [0.25, 0.3) is 11.1 Å². The van der Waals surface area contributed by atoms with E-state index in [1.165, 1.54) is 5.57 Å². The minimum Gasteiger partial charge on any atom is -0.492 e. The van der Waals surface area contributed by atoms with E-state index in [2.05, 4.69) is 32.9 Å². The molecule has 0 fully saturated rings. The Morgan fingerprint density at radius 1 is 1.36 bits per heavy atom. The number of hydrogen-bond acceptors (Lipinski definition) is 3. The van der Waals surface area contributed by atoms with Crippen LogP contribution in [-0.4, -0.2) is 23.9 Å². The molecule has 3 nitrogen and oxygen atoms in total. The van der Waals surface area contributed by atoms with Crippen molar-refractivity contribution in [1.29, 1.82) is 0 Å². The number of hydrogen-bond donors (Lipinski definition) is 1. The first-order valence-electron chi connectivity index (χ1n) is 8.97. The van der Waals surface area contributed by atoms with Gasteiger partial charge in [0.2, 0.25) is 0 Å². The molecule has 1 N–H and O–H groups in total. The second-order valence-electron chi connectivity index (χ2n) is 7.10. The van der Waals surface area contributed by atoms with Crippen molar-refractivity contribution in [3.8, 4) is 11.5 Å². The summed E-state index contributed by atoms with van der Waals surface area (Å²) in [5.41, 5.74) is 3.75. The fraction of sp³-hybridized carbons (Fsp3) is 0.524. The van der Waals surface area contributed by atoms with E-state index in [1.807, 2.05) is 26.8 Å². The number of aliphatic hydroxyl groups is 1. The van der Waals surface area contributed by atoms with Crippen molar-refractivity contribution < 1.29 is 14.6 Å². The molecule has 1 heterocycles. The van der Waals surface area contributed by atoms with Crippen LogP contribution >= 0.6 is 11.6 Å². The van der Waals surface area contributed by atoms with Gasteiger partial charge in [-0.25, -0.2) is 0 Å². The number of allylic oxidation sites excluding steroid dienone is 2. The first kappa shape index (κ1) is 19.9. The number of ether oxygens (including phenoxy) is 2. The summed E-state index contributed by atoms with van der Waals surface area (Å²) in [4.78, 5) is 0. The zero-order valence-electron chi connectivity index (χ0n) is 16.1. The molecular weight excluding hydrogens is 336 g/mol. The van der Waals surface area contributed by atoms with Crippen LogP contribution in [0.1, 0.15) is 59.1 Å². The summed E-state index contributed by atoms with van der Waals surface area (Å²) in [6.45, 7) is 12.9. The number of rotatable bonds is 6. The fourth-order valence-corrected chi connectivity index (χ4v) is 3.53. The van der Waals surface area contributed by atoms with Gasteiger partial charge in [0, 0.05) is 11.1 Å². The maximum Gasteiger partial charge on any atom is 0.150 e. The third-order valence-electron chi connectivity index (χ3n) is 4.33. The van der Waals surface area contributed by atoms with Crippen LogP contribution < -0.4 is 9.47 Å². The monoisotopic (exact) mass is 364 g/mol. The SMILES string of the molecule is CCOc1c(/C(=C/CO)CC)cc2c(c1Cl)OC(C)(C)C=C2C(C)C. The Hall–Kier alpha value is -1.45. The van der Waals surface area contributed by atoms with Gasteiger partial charge in [0.1, 0.15) is 16.4 Å². The van der Waals surface area contributed by atoms with E-state index in [-0.39, 0.29) is 6.61 Å². The summed E-state index contributed by atoms with van der Waals surface area (Å²) in [5, 5.41) is 9.89. The molecule has 138 valence electrons. The summed E-state index contributed by atoms with van der Waals surface area (Å²) in [7, 11) is 0. The topological polar surface area (TPSA) is 38.7 Å². The molecule has 0 saturated carbocycles. The van der Waals surface area contributed by atoms with Gasteiger partial charge in [0.05, 0.1) is 13.2 Å². The smallest absolute Gasteiger partial charge is 0.150 e. The van der Waals surface area contributed by atoms with Crippen LogP contribution in [0.2, 0.25) is 5.02 Å². The maximum absolute atomic E-state index is 9.38. The summed E-state index contributed by atoms with van der Waals surface area (Å²) in [6.07, 6.45) is 4.76. The third kappa shape index (κ3) is 4.04. The quantitative estimate of drug-likeness (QED) is 0.700. The Labute approximate surface area is 156 Å². The van der Waals surface area contributed by atoms with E-state index >= 15 is 0 Å². The summed E-state index contributed by atoms with van der Waals surface area (Å²) in [5.74, 6) is 1.66. The highest BCUT2D eigenvalue weighted by Crippen LogP contribution is 2.50. The summed E-state index contributed by atoms with van der Waals surface area (Å²) >= 11 is 6.74. The predicted octanol–water partition coefficient (Wildman–Crippen LogP) is 5.73. The van der Waals surface area contributed by atoms with Crippen molar-refractivity contribution in [2.75, 3.05) is 13.2 Å². The predicted molar refractivity (Wildman–Crippen MR) is 105 cm³/mol. The molecule has 0 saturated heterocycles. The Bertz CT molecular complexity index is 700. The molecule has 1 aromatic carbocycles. The Morgan fingerprint density at radius 3 is 2.56 bits per heavy atom. The zero-order chi connectivity index (χ0) is 18.8. The van der Waals surface area contributed by atoms with Gasteiger partial charge >= 0.3 is 0 Å². The summed E-state index contributed by atoms with van der Waals surface area (Å²) < 4.78 is 12.1. The van der Waals surface area contributed by atoms with Crippen molar-refractivity contribution in [1.82, 2.24) is 0 Å². The molecule has 1 aliphatic heterocycles. The van der Waals surface area contributed by atoms with Crippen molar-refractivity contribution >= 4 is 22.7 Å². The van der Waals surface area contributed by atoms with Gasteiger partial charge in [-0.3, -0.25) is 0 Å². The van der Waals surface area contributed by atoms with Gasteiger partial charge in [-0.15, -0.1) is 0 Å². The van der Waals surface area contributed by atoms with E-state index in [4.69, 9.17) is 21.1 Å². The van der Waals surface area contributed by atoms with Gasteiger partial charge in [-0.1, -0.05) is 38.4 Å². The Morgan fingerprint density at radius 2 is 2.04 bits per heavy atom. The summed E-state index contributed by atoms with van der Waals surface area (Å²) in [6, 6.07) is 2.10. The molecule has 25 heavy (non-hydrogen) atoms. The molecule has 0 radical (unpaired) electrons. The lowest BCUT2D eigenvalue weighted by Gasteiger charge is -2.34. The van der Waals surface area contributed by atoms with Gasteiger partial charge < -0.3 is 14.6 Å². The molecule has 0 unspecified atom stereocenters. The van der Waals surface area contributed by atoms with Crippen LogP contribution in [0, 0.1) is 5.92 Å². The lowest BCUT2D eigenvalue weighted by Crippen LogP contribution is -2.30. The van der Waals surface area contributed by atoms with E-state index < -0.39 is 5.60 Å². The third-order valence-corrected chi connectivity index (χ3v) is 4.67. The fourth-order valence-electron chi connectivity index (χ4n) is 3.23. The van der Waals surface area contributed by atoms with Gasteiger partial charge in [-0.05, 0) is 56.4 Å². The van der Waals surface area contributed by atoms with Crippen LogP contribution in [0.3, 0.4) is 0 Å². The minimum atomic E-state index is -0.421. The molecule has 4 heteroatoms. The van der Waals surface area contributed by atoms with E-state index in [0.29, 0.717) is 29.0 Å². The second kappa shape index (κ2) is 7.84. The number of benzene rings is 1. The van der Waals surface area contributed by atoms with Crippen LogP contribution in [0.4, 0.5) is 0 Å². The van der Waals surface area contributed by atoms with Crippen molar-refractivity contribution in [2.45, 2.75) is 53.6 Å². The second-order valence-corrected chi connectivity index (χ2v) is 7.48. The standard InChI is InChI=1S/C21H29ClO3/c1-7-14(9-10-23)15-11-16-17(13(3)4)12-21(5,6)25-20(16)18(22)19(15)24-8-2/h9,11-13,23H,7-8,10H2,1-6H3/b14-9+. The molecule has 1 aliphatic rings. The molecule has 2 rings (SSSR count). The van der Waals surface area contributed by atoms with E-state index in [1.54, 1.807) is 0 Å². The first-order valence-corrected chi connectivity index (χ1v) is 9.35. The lowest BCUT2D eigenvalue weighted by molar-refractivity contribution is 0.156. The molecule has 0 spiro atoms. The maximum atomic E-state index is 9.38. The van der Waals surface area contributed by atoms with Crippen LogP contribution in [-0.2, 0) is 0 Å². The molecule has 0 atom stereocenters. The van der Waals surface area contributed by atoms with Crippen molar-refractivity contribution in [2.24, 2.45) is 5.92 Å². The number of fused-ring (bicyclic) bond motifs is 1. The highest BCUT2D eigenvalue weighted by molar-refractivity contribution is 6.34. The lowest BCUT2D eigenvalue weighted by atomic mass is 9.86. The van der Waals surface area contributed by atoms with Gasteiger partial charge in [0.15, 0.2) is 5.75 Å². The van der Waals surface area contributed by atoms with Crippen molar-refractivity contribution in [3.05, 3.63) is 34.4 Å². The normalized spacial score (nSPS) is 16.4. The average Bonchev–Trinajstić information content (AvgIpc) is 2.54. The van der Waals surface area contributed by atoms with Gasteiger partial charge in [-0.2, -0.15) is 0 Å². The molecule has 0 aliphatic carbocycles. The zero-order valence-corrected chi connectivity index (χ0v) is 16.8. The number of aliphatic hydroxyl groups excluding tert-OH is 1. The molecule has 0 aromatic heterocycles. The minimum absolute atomic E-state index is 0.0140. The molecule has 0 bridgehead atoms. The molecule has 1 aromatic rings. The van der Waals surface area contributed by atoms with E-state index in [9.17, 15) is 5.11 Å².